The lowest BCUT2D eigenvalue weighted by atomic mass is 10.3. The lowest BCUT2D eigenvalue weighted by molar-refractivity contribution is -0.929. The summed E-state index contributed by atoms with van der Waals surface area (Å²) in [5, 5.41) is 27.3. The molecule has 0 radical (unpaired) electrons. The van der Waals surface area contributed by atoms with Gasteiger partial charge in [0.1, 0.15) is 26.2 Å². The van der Waals surface area contributed by atoms with E-state index in [0.29, 0.717) is 57.1 Å². The Balaban J connectivity index is 3.97. The van der Waals surface area contributed by atoms with Gasteiger partial charge >= 0.3 is 0 Å². The molecule has 0 rings (SSSR count). The molecule has 0 unspecified atom stereocenters. The molecule has 0 aromatic heterocycles. The number of hydrogen-bond acceptors (Lipinski definition) is 5. The van der Waals surface area contributed by atoms with Crippen LogP contribution < -0.4 is 0 Å². The van der Waals surface area contributed by atoms with Crippen molar-refractivity contribution in [3.63, 3.8) is 0 Å². The summed E-state index contributed by atoms with van der Waals surface area (Å²) >= 11 is 0. The summed E-state index contributed by atoms with van der Waals surface area (Å²) in [6.45, 7) is 6.65. The summed E-state index contributed by atoms with van der Waals surface area (Å²) in [4.78, 5) is 0. The molecule has 0 saturated carbocycles. The molecule has 3 N–H and O–H groups in total. The first-order valence-electron chi connectivity index (χ1n) is 6.58. The second-order valence-electron chi connectivity index (χ2n) is 4.22. The third-order valence-corrected chi connectivity index (χ3v) is 3.01. The standard InChI is InChI=1S/C12H28NO5/c1-2-17-11-12-18-10-6-13(3-7-14,4-8-15)5-9-16/h14-16H,2-12H2,1H3/q+1. The Hall–Kier alpha value is -0.240. The van der Waals surface area contributed by atoms with Gasteiger partial charge in [-0.25, -0.2) is 0 Å². The van der Waals surface area contributed by atoms with Crippen molar-refractivity contribution in [1.82, 2.24) is 0 Å². The van der Waals surface area contributed by atoms with Crippen LogP contribution >= 0.6 is 0 Å². The summed E-state index contributed by atoms with van der Waals surface area (Å²) in [5.41, 5.74) is 0. The molecule has 0 saturated heterocycles. The van der Waals surface area contributed by atoms with Crippen LogP contribution in [-0.2, 0) is 9.47 Å². The number of aliphatic hydroxyl groups excluding tert-OH is 3. The third-order valence-electron chi connectivity index (χ3n) is 3.01. The number of aliphatic hydroxyl groups is 3. The molecule has 0 aliphatic heterocycles. The molecule has 6 nitrogen and oxygen atoms in total. The highest BCUT2D eigenvalue weighted by atomic mass is 16.5. The van der Waals surface area contributed by atoms with E-state index in [1.54, 1.807) is 0 Å². The first kappa shape index (κ1) is 17.8. The molecule has 18 heavy (non-hydrogen) atoms. The second kappa shape index (κ2) is 11.8. The van der Waals surface area contributed by atoms with Crippen LogP contribution in [0.2, 0.25) is 0 Å². The van der Waals surface area contributed by atoms with Crippen LogP contribution in [0.25, 0.3) is 0 Å². The average Bonchev–Trinajstić information content (AvgIpc) is 2.35. The smallest absolute Gasteiger partial charge is 0.103 e. The summed E-state index contributed by atoms with van der Waals surface area (Å²) in [7, 11) is 0. The molecule has 0 aliphatic carbocycles. The molecule has 0 spiro atoms. The molecule has 0 fully saturated rings. The fourth-order valence-electron chi connectivity index (χ4n) is 1.93. The normalized spacial score (nSPS) is 12.0. The van der Waals surface area contributed by atoms with Crippen molar-refractivity contribution in [2.45, 2.75) is 6.92 Å². The fraction of sp³-hybridized carbons (Fsp3) is 1.00. The number of quaternary nitrogens is 1. The van der Waals surface area contributed by atoms with Gasteiger partial charge in [-0.1, -0.05) is 0 Å². The lowest BCUT2D eigenvalue weighted by Crippen LogP contribution is -2.55. The fourth-order valence-corrected chi connectivity index (χ4v) is 1.93. The molecule has 0 aliphatic rings. The Morgan fingerprint density at radius 1 is 0.722 bits per heavy atom. The highest BCUT2D eigenvalue weighted by Crippen LogP contribution is 2.05. The van der Waals surface area contributed by atoms with Gasteiger partial charge in [-0.2, -0.15) is 0 Å². The van der Waals surface area contributed by atoms with Crippen LogP contribution in [0.3, 0.4) is 0 Å². The van der Waals surface area contributed by atoms with Crippen LogP contribution in [0.5, 0.6) is 0 Å². The maximum absolute atomic E-state index is 9.09. The Morgan fingerprint density at radius 3 is 1.67 bits per heavy atom. The number of rotatable bonds is 13. The lowest BCUT2D eigenvalue weighted by Gasteiger charge is -2.37. The first-order valence-corrected chi connectivity index (χ1v) is 6.58. The Bertz CT molecular complexity index is 163. The molecule has 0 amide bonds. The largest absolute Gasteiger partial charge is 0.391 e. The topological polar surface area (TPSA) is 79.2 Å². The zero-order chi connectivity index (χ0) is 13.7. The minimum atomic E-state index is 0.0406. The molecule has 110 valence electrons. The number of ether oxygens (including phenoxy) is 2. The predicted molar refractivity (Wildman–Crippen MR) is 68.3 cm³/mol. The van der Waals surface area contributed by atoms with Crippen molar-refractivity contribution < 1.29 is 29.3 Å². The van der Waals surface area contributed by atoms with Crippen LogP contribution in [-0.4, -0.2) is 92.2 Å². The van der Waals surface area contributed by atoms with Gasteiger partial charge in [-0.15, -0.1) is 0 Å². The zero-order valence-electron chi connectivity index (χ0n) is 11.4. The van der Waals surface area contributed by atoms with E-state index in [2.05, 4.69) is 0 Å². The SMILES string of the molecule is CCOCCOCC[N+](CCO)(CCO)CCO. The quantitative estimate of drug-likeness (QED) is 0.289. The van der Waals surface area contributed by atoms with Crippen LogP contribution in [0.15, 0.2) is 0 Å². The van der Waals surface area contributed by atoms with E-state index in [4.69, 9.17) is 24.8 Å². The minimum absolute atomic E-state index is 0.0406. The van der Waals surface area contributed by atoms with Crippen LogP contribution in [0, 0.1) is 0 Å². The molecular formula is C12H28NO5+. The summed E-state index contributed by atoms with van der Waals surface area (Å²) in [5.74, 6) is 0. The monoisotopic (exact) mass is 266 g/mol. The van der Waals surface area contributed by atoms with Crippen LogP contribution in [0.1, 0.15) is 6.92 Å². The molecular weight excluding hydrogens is 238 g/mol. The van der Waals surface area contributed by atoms with E-state index in [-0.39, 0.29) is 19.8 Å². The van der Waals surface area contributed by atoms with Gasteiger partial charge in [-0.05, 0) is 6.92 Å². The van der Waals surface area contributed by atoms with Gasteiger partial charge in [0.05, 0.1) is 39.6 Å². The van der Waals surface area contributed by atoms with E-state index in [1.807, 2.05) is 6.92 Å². The van der Waals surface area contributed by atoms with Crippen molar-refractivity contribution in [2.75, 3.05) is 72.4 Å². The van der Waals surface area contributed by atoms with E-state index >= 15 is 0 Å². The molecule has 0 bridgehead atoms. The summed E-state index contributed by atoms with van der Waals surface area (Å²) < 4.78 is 11.1. The first-order chi connectivity index (χ1) is 8.74. The Kier molecular flexibility index (Phi) is 11.7. The van der Waals surface area contributed by atoms with Crippen molar-refractivity contribution in [3.05, 3.63) is 0 Å². The summed E-state index contributed by atoms with van der Waals surface area (Å²) in [6, 6.07) is 0. The van der Waals surface area contributed by atoms with Gasteiger partial charge in [-0.3, -0.25) is 0 Å². The van der Waals surface area contributed by atoms with Gasteiger partial charge < -0.3 is 29.3 Å². The Labute approximate surface area is 109 Å². The van der Waals surface area contributed by atoms with Crippen molar-refractivity contribution in [3.8, 4) is 0 Å². The van der Waals surface area contributed by atoms with Crippen molar-refractivity contribution in [1.29, 1.82) is 0 Å². The van der Waals surface area contributed by atoms with Crippen molar-refractivity contribution in [2.24, 2.45) is 0 Å². The van der Waals surface area contributed by atoms with E-state index in [0.717, 1.165) is 0 Å². The molecule has 6 heteroatoms. The van der Waals surface area contributed by atoms with Crippen molar-refractivity contribution >= 4 is 0 Å². The highest BCUT2D eigenvalue weighted by molar-refractivity contribution is 4.45. The number of nitrogens with zero attached hydrogens (tertiary/aromatic N) is 1. The van der Waals surface area contributed by atoms with E-state index < -0.39 is 0 Å². The molecule has 0 aromatic carbocycles. The van der Waals surface area contributed by atoms with Gasteiger partial charge in [0.15, 0.2) is 0 Å². The number of hydrogen-bond donors (Lipinski definition) is 3. The molecule has 0 heterocycles. The summed E-state index contributed by atoms with van der Waals surface area (Å²) in [6.07, 6.45) is 0. The van der Waals surface area contributed by atoms with Gasteiger partial charge in [0.2, 0.25) is 0 Å². The van der Waals surface area contributed by atoms with Gasteiger partial charge in [0, 0.05) is 6.61 Å². The van der Waals surface area contributed by atoms with Gasteiger partial charge in [0.25, 0.3) is 0 Å². The maximum Gasteiger partial charge on any atom is 0.103 e. The average molecular weight is 266 g/mol. The third kappa shape index (κ3) is 7.97. The van der Waals surface area contributed by atoms with E-state index in [1.165, 1.54) is 0 Å². The second-order valence-corrected chi connectivity index (χ2v) is 4.22. The Morgan fingerprint density at radius 2 is 1.22 bits per heavy atom. The minimum Gasteiger partial charge on any atom is -0.391 e. The maximum atomic E-state index is 9.09. The predicted octanol–water partition coefficient (Wildman–Crippen LogP) is -1.17. The molecule has 0 aromatic rings. The highest BCUT2D eigenvalue weighted by Gasteiger charge is 2.25. The zero-order valence-corrected chi connectivity index (χ0v) is 11.4. The van der Waals surface area contributed by atoms with Crippen LogP contribution in [0.4, 0.5) is 0 Å². The van der Waals surface area contributed by atoms with E-state index in [9.17, 15) is 0 Å². The molecule has 0 atom stereocenters.